The van der Waals surface area contributed by atoms with Gasteiger partial charge in [0.25, 0.3) is 20.0 Å². The summed E-state index contributed by atoms with van der Waals surface area (Å²) in [6, 6.07) is 22.1. The standard InChI is InChI=1S/C28H29N3O5S2/c1-20-7-11-22(12-8-20)37(32,33)29-26-19-27(31-15-17-36-18-16-31)28(25-6-4-3-5-24(25)26)30-38(34,35)23-13-9-21(2)10-14-23/h3-14,19,29-30H,15-18H2,1-2H3. The van der Waals surface area contributed by atoms with Crippen LogP contribution in [0.15, 0.2) is 88.7 Å². The molecule has 4 aromatic carbocycles. The summed E-state index contributed by atoms with van der Waals surface area (Å²) in [4.78, 5) is 2.29. The summed E-state index contributed by atoms with van der Waals surface area (Å²) in [6.07, 6.45) is 0. The Morgan fingerprint density at radius 2 is 1.18 bits per heavy atom. The minimum absolute atomic E-state index is 0.143. The maximum atomic E-state index is 13.5. The summed E-state index contributed by atoms with van der Waals surface area (Å²) in [5, 5.41) is 1.15. The molecule has 10 heteroatoms. The van der Waals surface area contributed by atoms with Gasteiger partial charge in [0.15, 0.2) is 0 Å². The van der Waals surface area contributed by atoms with E-state index < -0.39 is 20.0 Å². The average molecular weight is 552 g/mol. The SMILES string of the molecule is Cc1ccc(S(=O)(=O)Nc2cc(N3CCOCC3)c(NS(=O)(=O)c3ccc(C)cc3)c3ccccc23)cc1. The van der Waals surface area contributed by atoms with Crippen LogP contribution in [0.4, 0.5) is 17.1 Å². The van der Waals surface area contributed by atoms with Gasteiger partial charge in [0.05, 0.1) is 40.1 Å². The summed E-state index contributed by atoms with van der Waals surface area (Å²) in [5.41, 5.74) is 3.23. The Kier molecular flexibility index (Phi) is 7.04. The first-order valence-electron chi connectivity index (χ1n) is 12.2. The van der Waals surface area contributed by atoms with E-state index in [1.165, 1.54) is 0 Å². The van der Waals surface area contributed by atoms with Gasteiger partial charge in [0.2, 0.25) is 0 Å². The second kappa shape index (κ2) is 10.3. The Hall–Kier alpha value is -3.60. The highest BCUT2D eigenvalue weighted by Gasteiger charge is 2.25. The number of rotatable bonds is 7. The van der Waals surface area contributed by atoms with Crippen LogP contribution in [0.5, 0.6) is 0 Å². The third kappa shape index (κ3) is 5.33. The van der Waals surface area contributed by atoms with E-state index in [0.717, 1.165) is 11.1 Å². The van der Waals surface area contributed by atoms with Gasteiger partial charge in [-0.1, -0.05) is 59.7 Å². The highest BCUT2D eigenvalue weighted by atomic mass is 32.2. The lowest BCUT2D eigenvalue weighted by Crippen LogP contribution is -2.37. The summed E-state index contributed by atoms with van der Waals surface area (Å²) in [6.45, 7) is 5.79. The van der Waals surface area contributed by atoms with Crippen LogP contribution in [0.1, 0.15) is 11.1 Å². The fraction of sp³-hybridized carbons (Fsp3) is 0.214. The molecular weight excluding hydrogens is 522 g/mol. The van der Waals surface area contributed by atoms with Gasteiger partial charge in [0.1, 0.15) is 0 Å². The maximum Gasteiger partial charge on any atom is 0.261 e. The first-order chi connectivity index (χ1) is 18.1. The van der Waals surface area contributed by atoms with Crippen molar-refractivity contribution in [3.05, 3.63) is 90.0 Å². The number of sulfonamides is 2. The summed E-state index contributed by atoms with van der Waals surface area (Å²) >= 11 is 0. The number of morpholine rings is 1. The van der Waals surface area contributed by atoms with Crippen molar-refractivity contribution in [1.82, 2.24) is 0 Å². The van der Waals surface area contributed by atoms with E-state index in [1.54, 1.807) is 78.9 Å². The van der Waals surface area contributed by atoms with E-state index >= 15 is 0 Å². The molecule has 0 aliphatic carbocycles. The number of anilines is 3. The third-order valence-electron chi connectivity index (χ3n) is 6.52. The summed E-state index contributed by atoms with van der Waals surface area (Å²) in [5.74, 6) is 0. The fourth-order valence-corrected chi connectivity index (χ4v) is 6.60. The minimum atomic E-state index is -3.92. The van der Waals surface area contributed by atoms with Crippen molar-refractivity contribution in [2.45, 2.75) is 23.6 Å². The second-order valence-corrected chi connectivity index (χ2v) is 12.7. The van der Waals surface area contributed by atoms with Crippen molar-refractivity contribution in [1.29, 1.82) is 0 Å². The Labute approximate surface area is 223 Å². The number of nitrogens with zero attached hydrogens (tertiary/aromatic N) is 1. The molecule has 198 valence electrons. The normalized spacial score (nSPS) is 14.4. The lowest BCUT2D eigenvalue weighted by atomic mass is 10.0. The molecule has 1 fully saturated rings. The van der Waals surface area contributed by atoms with Gasteiger partial charge in [0, 0.05) is 23.9 Å². The van der Waals surface area contributed by atoms with E-state index in [2.05, 4.69) is 9.44 Å². The number of aryl methyl sites for hydroxylation is 2. The molecule has 0 radical (unpaired) electrons. The Bertz CT molecular complexity index is 1680. The largest absolute Gasteiger partial charge is 0.378 e. The van der Waals surface area contributed by atoms with Gasteiger partial charge in [-0.25, -0.2) is 16.8 Å². The fourth-order valence-electron chi connectivity index (χ4n) is 4.44. The van der Waals surface area contributed by atoms with Crippen LogP contribution in [0.2, 0.25) is 0 Å². The lowest BCUT2D eigenvalue weighted by molar-refractivity contribution is 0.123. The van der Waals surface area contributed by atoms with Crippen molar-refractivity contribution in [2.75, 3.05) is 40.6 Å². The van der Waals surface area contributed by atoms with Crippen LogP contribution in [0, 0.1) is 13.8 Å². The second-order valence-electron chi connectivity index (χ2n) is 9.30. The van der Waals surface area contributed by atoms with Crippen LogP contribution in [-0.4, -0.2) is 43.1 Å². The van der Waals surface area contributed by atoms with E-state index in [0.29, 0.717) is 54.1 Å². The van der Waals surface area contributed by atoms with Crippen LogP contribution in [-0.2, 0) is 24.8 Å². The number of benzene rings is 4. The first kappa shape index (κ1) is 26.0. The number of hydrogen-bond donors (Lipinski definition) is 2. The van der Waals surface area contributed by atoms with Crippen LogP contribution >= 0.6 is 0 Å². The molecule has 1 aliphatic heterocycles. The van der Waals surface area contributed by atoms with Gasteiger partial charge in [-0.2, -0.15) is 0 Å². The quantitative estimate of drug-likeness (QED) is 0.339. The van der Waals surface area contributed by atoms with E-state index in [4.69, 9.17) is 4.74 Å². The molecule has 0 unspecified atom stereocenters. The predicted octanol–water partition coefficient (Wildman–Crippen LogP) is 4.89. The number of hydrogen-bond acceptors (Lipinski definition) is 6. The van der Waals surface area contributed by atoms with Crippen molar-refractivity contribution >= 4 is 47.9 Å². The first-order valence-corrected chi connectivity index (χ1v) is 15.2. The predicted molar refractivity (Wildman–Crippen MR) is 151 cm³/mol. The lowest BCUT2D eigenvalue weighted by Gasteiger charge is -2.32. The van der Waals surface area contributed by atoms with Crippen molar-refractivity contribution in [3.63, 3.8) is 0 Å². The molecule has 0 saturated carbocycles. The molecule has 0 amide bonds. The van der Waals surface area contributed by atoms with Gasteiger partial charge in [-0.15, -0.1) is 0 Å². The Balaban J connectivity index is 1.66. The molecule has 0 atom stereocenters. The molecule has 38 heavy (non-hydrogen) atoms. The van der Waals surface area contributed by atoms with Crippen molar-refractivity contribution < 1.29 is 21.6 Å². The number of fused-ring (bicyclic) bond motifs is 1. The summed E-state index contributed by atoms with van der Waals surface area (Å²) < 4.78 is 64.6. The van der Waals surface area contributed by atoms with Crippen LogP contribution < -0.4 is 14.3 Å². The Morgan fingerprint density at radius 3 is 1.74 bits per heavy atom. The van der Waals surface area contributed by atoms with Gasteiger partial charge in [-0.05, 0) is 44.2 Å². The Morgan fingerprint density at radius 1 is 0.684 bits per heavy atom. The zero-order chi connectivity index (χ0) is 26.9. The highest BCUT2D eigenvalue weighted by molar-refractivity contribution is 7.93. The maximum absolute atomic E-state index is 13.5. The highest BCUT2D eigenvalue weighted by Crippen LogP contribution is 2.41. The van der Waals surface area contributed by atoms with Crippen LogP contribution in [0.3, 0.4) is 0 Å². The monoisotopic (exact) mass is 551 g/mol. The van der Waals surface area contributed by atoms with E-state index in [1.807, 2.05) is 18.7 Å². The molecular formula is C28H29N3O5S2. The number of nitrogens with one attached hydrogen (secondary N) is 2. The molecule has 1 saturated heterocycles. The molecule has 4 aromatic rings. The van der Waals surface area contributed by atoms with Gasteiger partial charge in [-0.3, -0.25) is 9.44 Å². The van der Waals surface area contributed by atoms with E-state index in [-0.39, 0.29) is 9.79 Å². The van der Waals surface area contributed by atoms with Gasteiger partial charge < -0.3 is 9.64 Å². The smallest absolute Gasteiger partial charge is 0.261 e. The van der Waals surface area contributed by atoms with Crippen LogP contribution in [0.25, 0.3) is 10.8 Å². The van der Waals surface area contributed by atoms with Crippen molar-refractivity contribution in [2.24, 2.45) is 0 Å². The number of ether oxygens (including phenoxy) is 1. The van der Waals surface area contributed by atoms with Gasteiger partial charge >= 0.3 is 0 Å². The minimum Gasteiger partial charge on any atom is -0.378 e. The zero-order valence-electron chi connectivity index (χ0n) is 21.1. The zero-order valence-corrected chi connectivity index (χ0v) is 22.8. The molecule has 1 aliphatic rings. The summed E-state index contributed by atoms with van der Waals surface area (Å²) in [7, 11) is -7.82. The molecule has 0 spiro atoms. The van der Waals surface area contributed by atoms with Crippen molar-refractivity contribution in [3.8, 4) is 0 Å². The molecule has 5 rings (SSSR count). The van der Waals surface area contributed by atoms with E-state index in [9.17, 15) is 16.8 Å². The molecule has 0 bridgehead atoms. The third-order valence-corrected chi connectivity index (χ3v) is 9.27. The topological polar surface area (TPSA) is 105 Å². The molecule has 2 N–H and O–H groups in total. The molecule has 8 nitrogen and oxygen atoms in total. The molecule has 1 heterocycles. The molecule has 0 aromatic heterocycles. The average Bonchev–Trinajstić information content (AvgIpc) is 2.91.